The van der Waals surface area contributed by atoms with Crippen molar-refractivity contribution in [2.24, 2.45) is 0 Å². The minimum absolute atomic E-state index is 0.171. The Labute approximate surface area is 157 Å². The summed E-state index contributed by atoms with van der Waals surface area (Å²) in [6.45, 7) is 5.48. The molecular formula is C9H17I3NO5SV. The van der Waals surface area contributed by atoms with Crippen LogP contribution in [-0.4, -0.2) is 55.4 Å². The second-order valence-corrected chi connectivity index (χ2v) is 42.0. The molecule has 0 radical (unpaired) electrons. The van der Waals surface area contributed by atoms with Crippen LogP contribution in [0.4, 0.5) is 0 Å². The normalized spacial score (nSPS) is 19.6. The summed E-state index contributed by atoms with van der Waals surface area (Å²) in [6.07, 6.45) is 2.26. The van der Waals surface area contributed by atoms with Crippen LogP contribution in [0.1, 0.15) is 6.92 Å². The van der Waals surface area contributed by atoms with Gasteiger partial charge in [0.2, 0.25) is 0 Å². The van der Waals surface area contributed by atoms with Crippen LogP contribution in [0.25, 0.3) is 0 Å². The SMILES string of the molecule is C=COOCN1CC(O)(C(C)S(C)(=O)=O)C1.[I][V]([I])[I]. The number of hydrogen-bond acceptors (Lipinski definition) is 6. The first-order chi connectivity index (χ1) is 9.03. The summed E-state index contributed by atoms with van der Waals surface area (Å²) in [6, 6.07) is 0. The Morgan fingerprint density at radius 2 is 1.95 bits per heavy atom. The van der Waals surface area contributed by atoms with Crippen LogP contribution in [0, 0.1) is 0 Å². The number of aliphatic hydroxyl groups is 1. The molecule has 1 rings (SSSR count). The third-order valence-electron chi connectivity index (χ3n) is 2.77. The molecule has 1 saturated heterocycles. The van der Waals surface area contributed by atoms with Crippen molar-refractivity contribution in [1.82, 2.24) is 4.90 Å². The van der Waals surface area contributed by atoms with Crippen LogP contribution >= 0.6 is 59.9 Å². The second kappa shape index (κ2) is 10.1. The number of halogens is 3. The predicted octanol–water partition coefficient (Wildman–Crippen LogP) is 2.17. The van der Waals surface area contributed by atoms with Gasteiger partial charge in [0.15, 0.2) is 9.84 Å². The monoisotopic (exact) mass is 683 g/mol. The molecule has 1 aliphatic rings. The number of β-amino-alcohol motifs (C(OH)–C–C–N with tert-alkyl or cyclic N) is 1. The average molecular weight is 683 g/mol. The molecule has 0 aromatic heterocycles. The van der Waals surface area contributed by atoms with Crippen molar-refractivity contribution in [3.63, 3.8) is 0 Å². The molecule has 0 bridgehead atoms. The van der Waals surface area contributed by atoms with E-state index in [2.05, 4.69) is 71.4 Å². The van der Waals surface area contributed by atoms with E-state index < -0.39 is 20.7 Å². The maximum atomic E-state index is 11.3. The van der Waals surface area contributed by atoms with Crippen molar-refractivity contribution in [3.05, 3.63) is 12.8 Å². The van der Waals surface area contributed by atoms with E-state index in [-0.39, 0.29) is 24.7 Å². The van der Waals surface area contributed by atoms with Gasteiger partial charge in [0.25, 0.3) is 0 Å². The average Bonchev–Trinajstić information content (AvgIpc) is 2.23. The van der Waals surface area contributed by atoms with Crippen LogP contribution in [-0.2, 0) is 24.5 Å². The van der Waals surface area contributed by atoms with Gasteiger partial charge in [-0.15, -0.1) is 0 Å². The van der Waals surface area contributed by atoms with Gasteiger partial charge in [-0.3, -0.25) is 4.90 Å². The summed E-state index contributed by atoms with van der Waals surface area (Å²) < 4.78 is 22.6. The Bertz CT molecular complexity index is 400. The Morgan fingerprint density at radius 3 is 2.30 bits per heavy atom. The summed E-state index contributed by atoms with van der Waals surface area (Å²) in [5.41, 5.74) is -1.19. The van der Waals surface area contributed by atoms with Gasteiger partial charge in [-0.25, -0.2) is 8.42 Å². The van der Waals surface area contributed by atoms with E-state index in [0.29, 0.717) is 0 Å². The van der Waals surface area contributed by atoms with Crippen molar-refractivity contribution in [2.75, 3.05) is 26.1 Å². The molecule has 0 aromatic carbocycles. The second-order valence-electron chi connectivity index (χ2n) is 4.26. The van der Waals surface area contributed by atoms with Crippen molar-refractivity contribution < 1.29 is 28.2 Å². The van der Waals surface area contributed by atoms with Crippen molar-refractivity contribution in [3.8, 4) is 0 Å². The van der Waals surface area contributed by atoms with Gasteiger partial charge in [-0.1, -0.05) is 6.58 Å². The van der Waals surface area contributed by atoms with Gasteiger partial charge in [0, 0.05) is 19.3 Å². The predicted molar refractivity (Wildman–Crippen MR) is 100 cm³/mol. The van der Waals surface area contributed by atoms with E-state index in [9.17, 15) is 13.5 Å². The maximum absolute atomic E-state index is 11.3. The van der Waals surface area contributed by atoms with Gasteiger partial charge < -0.3 is 9.99 Å². The minimum atomic E-state index is -3.23. The molecule has 0 spiro atoms. The topological polar surface area (TPSA) is 76.1 Å². The van der Waals surface area contributed by atoms with Crippen molar-refractivity contribution in [1.29, 1.82) is 0 Å². The molecular weight excluding hydrogens is 666 g/mol. The summed E-state index contributed by atoms with van der Waals surface area (Å²) in [4.78, 5) is 10.6. The van der Waals surface area contributed by atoms with Crippen LogP contribution < -0.4 is 0 Å². The molecule has 0 amide bonds. The van der Waals surface area contributed by atoms with E-state index in [4.69, 9.17) is 4.89 Å². The zero-order valence-electron chi connectivity index (χ0n) is 11.0. The Balaban J connectivity index is 0.000000796. The summed E-state index contributed by atoms with van der Waals surface area (Å²) in [5, 5.41) is 9.22. The molecule has 1 fully saturated rings. The van der Waals surface area contributed by atoms with Crippen LogP contribution in [0.5, 0.6) is 0 Å². The van der Waals surface area contributed by atoms with E-state index in [0.717, 1.165) is 12.5 Å². The Kier molecular flexibility index (Phi) is 11.2. The van der Waals surface area contributed by atoms with E-state index >= 15 is 0 Å². The zero-order chi connectivity index (χ0) is 16.0. The molecule has 0 aliphatic carbocycles. The summed E-state index contributed by atoms with van der Waals surface area (Å²) in [5.74, 6) is 0. The quantitative estimate of drug-likeness (QED) is 0.152. The van der Waals surface area contributed by atoms with Crippen LogP contribution in [0.3, 0.4) is 0 Å². The Hall–Kier alpha value is 2.14. The first-order valence-electron chi connectivity index (χ1n) is 5.33. The Morgan fingerprint density at radius 1 is 1.50 bits per heavy atom. The van der Waals surface area contributed by atoms with Crippen LogP contribution in [0.15, 0.2) is 12.8 Å². The number of hydrogen-bond donors (Lipinski definition) is 1. The number of likely N-dealkylation sites (tertiary alicyclic amines) is 1. The third-order valence-corrected chi connectivity index (χ3v) is 4.49. The summed E-state index contributed by atoms with van der Waals surface area (Å²) >= 11 is 7.39. The molecule has 1 aliphatic heterocycles. The number of sulfone groups is 1. The van der Waals surface area contributed by atoms with Crippen LogP contribution in [0.2, 0.25) is 0 Å². The van der Waals surface area contributed by atoms with Gasteiger partial charge >= 0.3 is 64.9 Å². The zero-order valence-corrected chi connectivity index (χ0v) is 19.7. The first-order valence-corrected chi connectivity index (χ1v) is 20.8. The molecule has 120 valence electrons. The van der Waals surface area contributed by atoms with Gasteiger partial charge in [-0.2, -0.15) is 4.89 Å². The van der Waals surface area contributed by atoms with Crippen molar-refractivity contribution >= 4 is 69.8 Å². The van der Waals surface area contributed by atoms with E-state index in [1.165, 1.54) is 6.92 Å². The molecule has 0 saturated carbocycles. The molecule has 1 N–H and O–H groups in total. The molecule has 1 heterocycles. The first kappa shape index (κ1) is 22.1. The number of rotatable bonds is 6. The van der Waals surface area contributed by atoms with E-state index in [1.54, 1.807) is 4.90 Å². The number of nitrogens with zero attached hydrogens (tertiary/aromatic N) is 1. The van der Waals surface area contributed by atoms with Crippen molar-refractivity contribution in [2.45, 2.75) is 17.8 Å². The van der Waals surface area contributed by atoms with Gasteiger partial charge in [0.05, 0.1) is 5.25 Å². The van der Waals surface area contributed by atoms with E-state index in [1.807, 2.05) is 0 Å². The molecule has 20 heavy (non-hydrogen) atoms. The van der Waals surface area contributed by atoms with Gasteiger partial charge in [-0.05, 0) is 6.92 Å². The molecule has 0 aromatic rings. The molecule has 1 atom stereocenters. The molecule has 6 nitrogen and oxygen atoms in total. The fourth-order valence-corrected chi connectivity index (χ4v) is 2.57. The summed E-state index contributed by atoms with van der Waals surface area (Å²) in [7, 11) is -3.23. The molecule has 1 unspecified atom stereocenters. The third kappa shape index (κ3) is 8.69. The van der Waals surface area contributed by atoms with Gasteiger partial charge in [0.1, 0.15) is 18.6 Å². The fourth-order valence-electron chi connectivity index (χ4n) is 1.63. The molecule has 11 heteroatoms. The standard InChI is InChI=1S/C9H17NO5S.3HI.V/c1-4-14-15-7-10-5-9(11,6-10)8(2)16(3,12)13;;;;/h4,8,11H,1,5-7H2,2-3H3;3*1H;/q;;;;+3/p-3. The fraction of sp³-hybridized carbons (Fsp3) is 0.778.